The normalized spacial score (nSPS) is 16.2. The van der Waals surface area contributed by atoms with E-state index in [9.17, 15) is 4.79 Å². The molecule has 0 radical (unpaired) electrons. The van der Waals surface area contributed by atoms with Crippen LogP contribution in [0.1, 0.15) is 28.8 Å². The van der Waals surface area contributed by atoms with Crippen molar-refractivity contribution in [1.29, 1.82) is 0 Å². The molecule has 1 aliphatic heterocycles. The van der Waals surface area contributed by atoms with Crippen molar-refractivity contribution >= 4 is 5.78 Å². The zero-order valence-corrected chi connectivity index (χ0v) is 14.2. The molecule has 1 saturated heterocycles. The first-order valence-corrected chi connectivity index (χ1v) is 8.89. The van der Waals surface area contributed by atoms with Gasteiger partial charge in [0.25, 0.3) is 0 Å². The Balaban J connectivity index is 1.36. The third kappa shape index (κ3) is 4.76. The van der Waals surface area contributed by atoms with Crippen molar-refractivity contribution in [3.05, 3.63) is 71.8 Å². The van der Waals surface area contributed by atoms with Gasteiger partial charge in [0, 0.05) is 31.1 Å². The molecule has 1 fully saturated rings. The van der Waals surface area contributed by atoms with Crippen molar-refractivity contribution in [2.75, 3.05) is 26.2 Å². The number of benzene rings is 2. The molecular weight excluding hydrogens is 296 g/mol. The molecule has 0 spiro atoms. The number of carbonyl (C=O) groups excluding carboxylic acids is 1. The number of hydrogen-bond donors (Lipinski definition) is 1. The summed E-state index contributed by atoms with van der Waals surface area (Å²) in [5.41, 5.74) is 2.19. The quantitative estimate of drug-likeness (QED) is 0.626. The summed E-state index contributed by atoms with van der Waals surface area (Å²) in [4.78, 5) is 15.0. The molecule has 3 nitrogen and oxygen atoms in total. The van der Waals surface area contributed by atoms with Gasteiger partial charge in [0.1, 0.15) is 0 Å². The van der Waals surface area contributed by atoms with E-state index in [1.807, 2.05) is 36.4 Å². The second kappa shape index (κ2) is 8.76. The largest absolute Gasteiger partial charge is 0.311 e. The zero-order chi connectivity index (χ0) is 16.6. The third-order valence-corrected chi connectivity index (χ3v) is 4.79. The van der Waals surface area contributed by atoms with Gasteiger partial charge in [-0.05, 0) is 31.5 Å². The van der Waals surface area contributed by atoms with Crippen molar-refractivity contribution in [2.45, 2.75) is 19.4 Å². The summed E-state index contributed by atoms with van der Waals surface area (Å²) in [5.74, 6) is 0.512. The van der Waals surface area contributed by atoms with Gasteiger partial charge in [-0.25, -0.2) is 0 Å². The molecule has 0 atom stereocenters. The summed E-state index contributed by atoms with van der Waals surface area (Å²) < 4.78 is 0. The van der Waals surface area contributed by atoms with Crippen LogP contribution in [0.15, 0.2) is 60.7 Å². The van der Waals surface area contributed by atoms with E-state index in [-0.39, 0.29) is 5.92 Å². The van der Waals surface area contributed by atoms with Gasteiger partial charge in [0.05, 0.1) is 0 Å². The Morgan fingerprint density at radius 3 is 2.25 bits per heavy atom. The average Bonchev–Trinajstić information content (AvgIpc) is 2.67. The number of Topliss-reactive ketones (excluding diaryl/α,β-unsaturated/α-hetero) is 1. The van der Waals surface area contributed by atoms with Gasteiger partial charge < -0.3 is 10.2 Å². The van der Waals surface area contributed by atoms with Crippen LogP contribution in [0.2, 0.25) is 0 Å². The fraction of sp³-hybridized carbons (Fsp3) is 0.381. The van der Waals surface area contributed by atoms with Crippen LogP contribution in [0, 0.1) is 5.92 Å². The predicted octanol–water partition coefficient (Wildman–Crippen LogP) is 3.37. The summed E-state index contributed by atoms with van der Waals surface area (Å²) in [6.45, 7) is 5.02. The molecule has 0 bridgehead atoms. The Morgan fingerprint density at radius 2 is 1.58 bits per heavy atom. The minimum absolute atomic E-state index is 0.195. The molecule has 3 heteroatoms. The van der Waals surface area contributed by atoms with Gasteiger partial charge in [-0.3, -0.25) is 4.79 Å². The molecule has 3 rings (SSSR count). The van der Waals surface area contributed by atoms with E-state index in [0.717, 1.165) is 51.1 Å². The van der Waals surface area contributed by atoms with E-state index in [4.69, 9.17) is 0 Å². The van der Waals surface area contributed by atoms with E-state index >= 15 is 0 Å². The van der Waals surface area contributed by atoms with E-state index in [1.54, 1.807) is 0 Å². The Kier molecular flexibility index (Phi) is 6.16. The Morgan fingerprint density at radius 1 is 0.958 bits per heavy atom. The Hall–Kier alpha value is -1.97. The smallest absolute Gasteiger partial charge is 0.166 e. The van der Waals surface area contributed by atoms with Crippen LogP contribution in [0.3, 0.4) is 0 Å². The summed E-state index contributed by atoms with van der Waals surface area (Å²) in [7, 11) is 0. The number of rotatable bonds is 7. The van der Waals surface area contributed by atoms with Crippen LogP contribution in [0.4, 0.5) is 0 Å². The standard InChI is InChI=1S/C21H26N2O/c24-21(19-9-5-2-6-10-19)20-11-14-23(15-12-20)16-13-22-17-18-7-3-1-4-8-18/h1-10,20,22H,11-17H2. The number of carbonyl (C=O) groups is 1. The summed E-state index contributed by atoms with van der Waals surface area (Å²) in [6, 6.07) is 20.2. The summed E-state index contributed by atoms with van der Waals surface area (Å²) in [5, 5.41) is 3.50. The summed E-state index contributed by atoms with van der Waals surface area (Å²) in [6.07, 6.45) is 1.96. The van der Waals surface area contributed by atoms with Gasteiger partial charge >= 0.3 is 0 Å². The Bertz CT molecular complexity index is 619. The molecule has 2 aromatic rings. The van der Waals surface area contributed by atoms with Crippen molar-refractivity contribution in [2.24, 2.45) is 5.92 Å². The Labute approximate surface area is 144 Å². The van der Waals surface area contributed by atoms with Gasteiger partial charge in [-0.1, -0.05) is 60.7 Å². The first kappa shape index (κ1) is 16.9. The molecule has 0 aliphatic carbocycles. The zero-order valence-electron chi connectivity index (χ0n) is 14.2. The molecule has 1 heterocycles. The number of nitrogens with zero attached hydrogens (tertiary/aromatic N) is 1. The fourth-order valence-corrected chi connectivity index (χ4v) is 3.32. The van der Waals surface area contributed by atoms with E-state index in [0.29, 0.717) is 5.78 Å². The van der Waals surface area contributed by atoms with Crippen LogP contribution in [-0.2, 0) is 6.54 Å². The maximum Gasteiger partial charge on any atom is 0.166 e. The lowest BCUT2D eigenvalue weighted by Crippen LogP contribution is -2.39. The van der Waals surface area contributed by atoms with Crippen molar-refractivity contribution in [3.8, 4) is 0 Å². The lowest BCUT2D eigenvalue weighted by molar-refractivity contribution is 0.0841. The second-order valence-corrected chi connectivity index (χ2v) is 6.51. The van der Waals surface area contributed by atoms with Crippen LogP contribution >= 0.6 is 0 Å². The molecule has 1 N–H and O–H groups in total. The van der Waals surface area contributed by atoms with Crippen LogP contribution in [0.25, 0.3) is 0 Å². The molecular formula is C21H26N2O. The first-order valence-electron chi connectivity index (χ1n) is 8.89. The minimum atomic E-state index is 0.195. The van der Waals surface area contributed by atoms with Crippen LogP contribution in [0.5, 0.6) is 0 Å². The van der Waals surface area contributed by atoms with Gasteiger partial charge in [0.15, 0.2) is 5.78 Å². The highest BCUT2D eigenvalue weighted by Gasteiger charge is 2.25. The van der Waals surface area contributed by atoms with E-state index in [1.165, 1.54) is 5.56 Å². The lowest BCUT2D eigenvalue weighted by atomic mass is 9.89. The number of ketones is 1. The van der Waals surface area contributed by atoms with Gasteiger partial charge in [0.2, 0.25) is 0 Å². The maximum absolute atomic E-state index is 12.5. The fourth-order valence-electron chi connectivity index (χ4n) is 3.32. The highest BCUT2D eigenvalue weighted by molar-refractivity contribution is 5.97. The average molecular weight is 322 g/mol. The molecule has 0 aromatic heterocycles. The summed E-state index contributed by atoms with van der Waals surface area (Å²) >= 11 is 0. The monoisotopic (exact) mass is 322 g/mol. The van der Waals surface area contributed by atoms with E-state index < -0.39 is 0 Å². The first-order chi connectivity index (χ1) is 11.8. The van der Waals surface area contributed by atoms with Gasteiger partial charge in [-0.2, -0.15) is 0 Å². The molecule has 0 amide bonds. The second-order valence-electron chi connectivity index (χ2n) is 6.51. The highest BCUT2D eigenvalue weighted by Crippen LogP contribution is 2.21. The lowest BCUT2D eigenvalue weighted by Gasteiger charge is -2.31. The number of nitrogens with one attached hydrogen (secondary N) is 1. The molecule has 24 heavy (non-hydrogen) atoms. The van der Waals surface area contributed by atoms with Gasteiger partial charge in [-0.15, -0.1) is 0 Å². The SMILES string of the molecule is O=C(c1ccccc1)C1CCN(CCNCc2ccccc2)CC1. The van der Waals surface area contributed by atoms with Crippen LogP contribution < -0.4 is 5.32 Å². The molecule has 1 aliphatic rings. The highest BCUT2D eigenvalue weighted by atomic mass is 16.1. The van der Waals surface area contributed by atoms with Crippen molar-refractivity contribution in [1.82, 2.24) is 10.2 Å². The van der Waals surface area contributed by atoms with Crippen molar-refractivity contribution in [3.63, 3.8) is 0 Å². The maximum atomic E-state index is 12.5. The third-order valence-electron chi connectivity index (χ3n) is 4.79. The number of piperidine rings is 1. The molecule has 126 valence electrons. The molecule has 2 aromatic carbocycles. The van der Waals surface area contributed by atoms with E-state index in [2.05, 4.69) is 34.5 Å². The van der Waals surface area contributed by atoms with Crippen molar-refractivity contribution < 1.29 is 4.79 Å². The number of hydrogen-bond acceptors (Lipinski definition) is 3. The molecule has 0 saturated carbocycles. The number of likely N-dealkylation sites (tertiary alicyclic amines) is 1. The molecule has 0 unspecified atom stereocenters. The minimum Gasteiger partial charge on any atom is -0.311 e. The van der Waals surface area contributed by atoms with Crippen LogP contribution in [-0.4, -0.2) is 36.9 Å². The topological polar surface area (TPSA) is 32.3 Å². The predicted molar refractivity (Wildman–Crippen MR) is 98.1 cm³/mol.